The third kappa shape index (κ3) is 4.49. The van der Waals surface area contributed by atoms with E-state index >= 15 is 0 Å². The quantitative estimate of drug-likeness (QED) is 0.303. The molecule has 0 saturated heterocycles. The number of rotatable bonds is 5. The minimum atomic E-state index is -0.393. The first-order valence-corrected chi connectivity index (χ1v) is 12.2. The van der Waals surface area contributed by atoms with Gasteiger partial charge in [0.25, 0.3) is 5.91 Å². The number of nitrogens with zero attached hydrogens (tertiary/aromatic N) is 5. The fraction of sp³-hybridized carbons (Fsp3) is 0.214. The van der Waals surface area contributed by atoms with Crippen LogP contribution < -0.4 is 5.32 Å². The van der Waals surface area contributed by atoms with Crippen molar-refractivity contribution in [2.45, 2.75) is 34.2 Å². The Morgan fingerprint density at radius 2 is 1.76 bits per heavy atom. The number of aryl methyl sites for hydroxylation is 3. The van der Waals surface area contributed by atoms with Crippen molar-refractivity contribution in [3.63, 3.8) is 0 Å². The Hall–Kier alpha value is -4.04. The summed E-state index contributed by atoms with van der Waals surface area (Å²) < 4.78 is 17.0. The zero-order valence-corrected chi connectivity index (χ0v) is 22.0. The summed E-state index contributed by atoms with van der Waals surface area (Å²) >= 11 is 6.22. The SMILES string of the molecule is Cc1nn(Cc2ccc(F)cc2Cl)c(C)c1NC(=O)c1cc(-c2c(C)nn(C)c2C)nc2ccccc12. The van der Waals surface area contributed by atoms with E-state index in [0.717, 1.165) is 39.1 Å². The molecule has 3 aromatic heterocycles. The second kappa shape index (κ2) is 9.44. The number of carbonyl (C=O) groups is 1. The fourth-order valence-electron chi connectivity index (χ4n) is 4.66. The van der Waals surface area contributed by atoms with E-state index < -0.39 is 5.82 Å². The summed E-state index contributed by atoms with van der Waals surface area (Å²) in [6, 6.07) is 13.7. The van der Waals surface area contributed by atoms with Gasteiger partial charge in [-0.1, -0.05) is 35.9 Å². The Labute approximate surface area is 218 Å². The van der Waals surface area contributed by atoms with Crippen LogP contribution in [0, 0.1) is 33.5 Å². The summed E-state index contributed by atoms with van der Waals surface area (Å²) in [4.78, 5) is 18.5. The van der Waals surface area contributed by atoms with Crippen LogP contribution in [0.1, 0.15) is 38.7 Å². The van der Waals surface area contributed by atoms with Crippen LogP contribution in [0.15, 0.2) is 48.5 Å². The molecule has 9 heteroatoms. The highest BCUT2D eigenvalue weighted by Gasteiger charge is 2.21. The average Bonchev–Trinajstić information content (AvgIpc) is 3.27. The summed E-state index contributed by atoms with van der Waals surface area (Å²) in [5.74, 6) is -0.653. The van der Waals surface area contributed by atoms with Gasteiger partial charge in [0, 0.05) is 28.7 Å². The normalized spacial score (nSPS) is 11.3. The molecule has 0 aliphatic heterocycles. The molecule has 0 radical (unpaired) electrons. The van der Waals surface area contributed by atoms with Crippen LogP contribution in [0.4, 0.5) is 10.1 Å². The van der Waals surface area contributed by atoms with Crippen LogP contribution in [0.5, 0.6) is 0 Å². The van der Waals surface area contributed by atoms with Crippen LogP contribution in [0.25, 0.3) is 22.2 Å². The minimum Gasteiger partial charge on any atom is -0.319 e. The van der Waals surface area contributed by atoms with Crippen molar-refractivity contribution >= 4 is 34.1 Å². The van der Waals surface area contributed by atoms with Crippen LogP contribution in [0.3, 0.4) is 0 Å². The second-order valence-electron chi connectivity index (χ2n) is 9.13. The molecule has 37 heavy (non-hydrogen) atoms. The largest absolute Gasteiger partial charge is 0.319 e. The predicted molar refractivity (Wildman–Crippen MR) is 144 cm³/mol. The summed E-state index contributed by atoms with van der Waals surface area (Å²) in [7, 11) is 1.89. The molecule has 0 unspecified atom stereocenters. The van der Waals surface area contributed by atoms with Crippen molar-refractivity contribution in [2.24, 2.45) is 7.05 Å². The fourth-order valence-corrected chi connectivity index (χ4v) is 4.89. The molecule has 5 aromatic rings. The van der Waals surface area contributed by atoms with Crippen molar-refractivity contribution in [1.82, 2.24) is 24.5 Å². The summed E-state index contributed by atoms with van der Waals surface area (Å²) in [6.07, 6.45) is 0. The van der Waals surface area contributed by atoms with E-state index in [1.165, 1.54) is 12.1 Å². The lowest BCUT2D eigenvalue weighted by Gasteiger charge is -2.12. The van der Waals surface area contributed by atoms with Crippen LogP contribution in [0.2, 0.25) is 5.02 Å². The lowest BCUT2D eigenvalue weighted by Crippen LogP contribution is -2.14. The van der Waals surface area contributed by atoms with Gasteiger partial charge in [0.15, 0.2) is 0 Å². The highest BCUT2D eigenvalue weighted by atomic mass is 35.5. The van der Waals surface area contributed by atoms with E-state index in [1.807, 2.05) is 69.8 Å². The molecule has 188 valence electrons. The van der Waals surface area contributed by atoms with Crippen molar-refractivity contribution < 1.29 is 9.18 Å². The number of aromatic nitrogens is 5. The van der Waals surface area contributed by atoms with Crippen molar-refractivity contribution in [2.75, 3.05) is 5.32 Å². The average molecular weight is 517 g/mol. The molecule has 2 aromatic carbocycles. The Morgan fingerprint density at radius 1 is 1.00 bits per heavy atom. The summed E-state index contributed by atoms with van der Waals surface area (Å²) in [5.41, 5.74) is 7.46. The molecule has 0 fully saturated rings. The molecule has 0 bridgehead atoms. The number of hydrogen-bond acceptors (Lipinski definition) is 4. The monoisotopic (exact) mass is 516 g/mol. The zero-order chi connectivity index (χ0) is 26.4. The number of halogens is 2. The van der Waals surface area contributed by atoms with E-state index in [4.69, 9.17) is 16.6 Å². The van der Waals surface area contributed by atoms with E-state index in [-0.39, 0.29) is 5.91 Å². The second-order valence-corrected chi connectivity index (χ2v) is 9.54. The van der Waals surface area contributed by atoms with Gasteiger partial charge in [0.1, 0.15) is 5.82 Å². The molecule has 3 heterocycles. The minimum absolute atomic E-state index is 0.260. The molecule has 1 N–H and O–H groups in total. The van der Waals surface area contributed by atoms with Gasteiger partial charge in [0.2, 0.25) is 0 Å². The molecule has 0 spiro atoms. The van der Waals surface area contributed by atoms with Gasteiger partial charge in [-0.15, -0.1) is 0 Å². The smallest absolute Gasteiger partial charge is 0.256 e. The van der Waals surface area contributed by atoms with Crippen molar-refractivity contribution in [3.8, 4) is 11.3 Å². The lowest BCUT2D eigenvalue weighted by molar-refractivity contribution is 0.102. The topological polar surface area (TPSA) is 77.6 Å². The molecule has 5 rings (SSSR count). The third-order valence-electron chi connectivity index (χ3n) is 6.68. The van der Waals surface area contributed by atoms with Gasteiger partial charge in [-0.2, -0.15) is 10.2 Å². The molecule has 0 saturated carbocycles. The van der Waals surface area contributed by atoms with Crippen LogP contribution >= 0.6 is 11.6 Å². The Morgan fingerprint density at radius 3 is 2.46 bits per heavy atom. The van der Waals surface area contributed by atoms with Gasteiger partial charge >= 0.3 is 0 Å². The molecule has 1 amide bonds. The first-order valence-electron chi connectivity index (χ1n) is 11.8. The van der Waals surface area contributed by atoms with Crippen molar-refractivity contribution in [1.29, 1.82) is 0 Å². The maximum Gasteiger partial charge on any atom is 0.256 e. The molecular formula is C28H26ClFN6O. The molecule has 0 atom stereocenters. The number of benzene rings is 2. The van der Waals surface area contributed by atoms with Gasteiger partial charge in [-0.3, -0.25) is 14.2 Å². The van der Waals surface area contributed by atoms with Gasteiger partial charge < -0.3 is 5.32 Å². The Balaban J connectivity index is 1.53. The maximum atomic E-state index is 13.7. The van der Waals surface area contributed by atoms with E-state index in [0.29, 0.717) is 34.2 Å². The first-order chi connectivity index (χ1) is 17.6. The lowest BCUT2D eigenvalue weighted by atomic mass is 10.0. The predicted octanol–water partition coefficient (Wildman–Crippen LogP) is 6.16. The highest BCUT2D eigenvalue weighted by molar-refractivity contribution is 6.31. The number of hydrogen-bond donors (Lipinski definition) is 1. The Bertz CT molecular complexity index is 1690. The standard InChI is InChI=1S/C28H26ClFN6O/c1-15-26(17(3)35(5)33-15)25-13-22(21-8-6-7-9-24(21)31-25)28(37)32-27-16(2)34-36(18(27)4)14-19-10-11-20(30)12-23(19)29/h6-13H,14H2,1-5H3,(H,32,37). The van der Waals surface area contributed by atoms with E-state index in [2.05, 4.69) is 15.5 Å². The van der Waals surface area contributed by atoms with Crippen LogP contribution in [-0.4, -0.2) is 30.5 Å². The molecule has 0 aliphatic rings. The number of anilines is 1. The van der Waals surface area contributed by atoms with E-state index in [9.17, 15) is 9.18 Å². The number of amides is 1. The number of nitrogens with one attached hydrogen (secondary N) is 1. The number of pyridine rings is 1. The van der Waals surface area contributed by atoms with E-state index in [1.54, 1.807) is 10.7 Å². The Kier molecular flexibility index (Phi) is 6.29. The van der Waals surface area contributed by atoms with Crippen molar-refractivity contribution in [3.05, 3.63) is 93.3 Å². The summed E-state index contributed by atoms with van der Waals surface area (Å²) in [5, 5.41) is 13.3. The summed E-state index contributed by atoms with van der Waals surface area (Å²) in [6.45, 7) is 7.99. The highest BCUT2D eigenvalue weighted by Crippen LogP contribution is 2.30. The zero-order valence-electron chi connectivity index (χ0n) is 21.2. The van der Waals surface area contributed by atoms with Gasteiger partial charge in [0.05, 0.1) is 46.1 Å². The number of fused-ring (bicyclic) bond motifs is 1. The maximum absolute atomic E-state index is 13.7. The van der Waals surface area contributed by atoms with Gasteiger partial charge in [-0.05, 0) is 57.5 Å². The molecule has 7 nitrogen and oxygen atoms in total. The molecule has 0 aliphatic carbocycles. The number of para-hydroxylation sites is 1. The van der Waals surface area contributed by atoms with Crippen LogP contribution in [-0.2, 0) is 13.6 Å². The third-order valence-corrected chi connectivity index (χ3v) is 7.03. The molecular weight excluding hydrogens is 491 g/mol. The number of carbonyl (C=O) groups excluding carboxylic acids is 1. The van der Waals surface area contributed by atoms with Gasteiger partial charge in [-0.25, -0.2) is 9.37 Å². The first kappa shape index (κ1) is 24.6.